The number of fused-ring (bicyclic) bond motifs is 2. The molecule has 1 aliphatic carbocycles. The first-order valence-corrected chi connectivity index (χ1v) is 14.0. The average molecular weight is 502 g/mol. The van der Waals surface area contributed by atoms with Crippen molar-refractivity contribution in [3.63, 3.8) is 0 Å². The van der Waals surface area contributed by atoms with Gasteiger partial charge in [-0.2, -0.15) is 0 Å². The van der Waals surface area contributed by atoms with Crippen LogP contribution >= 0.6 is 0 Å². The first kappa shape index (κ1) is 23.8. The van der Waals surface area contributed by atoms with Crippen LogP contribution in [0.5, 0.6) is 5.75 Å². The van der Waals surface area contributed by atoms with Crippen LogP contribution in [0.1, 0.15) is 49.0 Å². The molecule has 9 nitrogen and oxygen atoms in total. The fraction of sp³-hybridized carbons (Fsp3) is 0.560. The minimum absolute atomic E-state index is 0.0281. The predicted octanol–water partition coefficient (Wildman–Crippen LogP) is 2.07. The molecule has 3 fully saturated rings. The molecule has 2 saturated heterocycles. The van der Waals surface area contributed by atoms with Crippen LogP contribution in [0.3, 0.4) is 0 Å². The summed E-state index contributed by atoms with van der Waals surface area (Å²) in [4.78, 5) is 43.6. The molecule has 0 radical (unpaired) electrons. The van der Waals surface area contributed by atoms with Crippen molar-refractivity contribution >= 4 is 38.8 Å². The highest BCUT2D eigenvalue weighted by atomic mass is 32.2. The van der Waals surface area contributed by atoms with Crippen molar-refractivity contribution in [2.24, 2.45) is 11.8 Å². The molecule has 1 aromatic heterocycles. The van der Waals surface area contributed by atoms with Gasteiger partial charge in [-0.1, -0.05) is 12.5 Å². The minimum Gasteiger partial charge on any atom is -0.496 e. The van der Waals surface area contributed by atoms with Crippen LogP contribution in [0, 0.1) is 11.8 Å². The molecule has 3 aliphatic rings. The SMILES string of the molecule is COc1cccc2[nH]c(C(=O)N3CC4CCCC4C3C(=O)NC(C=O)CC3CCCS3(=O)=O)cc12. The van der Waals surface area contributed by atoms with Crippen molar-refractivity contribution < 1.29 is 27.5 Å². The monoisotopic (exact) mass is 501 g/mol. The number of amides is 2. The van der Waals surface area contributed by atoms with Gasteiger partial charge >= 0.3 is 0 Å². The summed E-state index contributed by atoms with van der Waals surface area (Å²) in [5, 5.41) is 2.95. The van der Waals surface area contributed by atoms with Gasteiger partial charge in [-0.3, -0.25) is 9.59 Å². The highest BCUT2D eigenvalue weighted by Crippen LogP contribution is 2.43. The Kier molecular flexibility index (Phi) is 6.33. The van der Waals surface area contributed by atoms with Crippen molar-refractivity contribution in [2.75, 3.05) is 19.4 Å². The van der Waals surface area contributed by atoms with Crippen LogP contribution in [0.4, 0.5) is 0 Å². The summed E-state index contributed by atoms with van der Waals surface area (Å²) in [7, 11) is -1.65. The number of likely N-dealkylation sites (tertiary alicyclic amines) is 1. The second kappa shape index (κ2) is 9.29. The number of rotatable bonds is 7. The van der Waals surface area contributed by atoms with Gasteiger partial charge in [0.2, 0.25) is 5.91 Å². The van der Waals surface area contributed by atoms with Crippen LogP contribution in [0.15, 0.2) is 24.3 Å². The number of carbonyl (C=O) groups is 3. The number of aromatic nitrogens is 1. The smallest absolute Gasteiger partial charge is 0.271 e. The standard InChI is InChI=1S/C25H31N3O6S/c1-34-22-9-3-8-20-19(22)12-21(27-20)25(31)28-13-15-5-2-7-18(15)23(28)24(30)26-16(14-29)11-17-6-4-10-35(17,32)33/h3,8-9,12,14-18,23,27H,2,4-7,10-11,13H2,1H3,(H,26,30). The fourth-order valence-electron chi connectivity index (χ4n) is 6.25. The third-order valence-electron chi connectivity index (χ3n) is 7.97. The van der Waals surface area contributed by atoms with Crippen LogP contribution in [0.2, 0.25) is 0 Å². The molecule has 0 spiro atoms. The maximum atomic E-state index is 13.6. The van der Waals surface area contributed by atoms with E-state index in [-0.39, 0.29) is 35.8 Å². The molecule has 1 aromatic carbocycles. The minimum atomic E-state index is -3.23. The summed E-state index contributed by atoms with van der Waals surface area (Å²) in [6.45, 7) is 0.483. The second-order valence-corrected chi connectivity index (χ2v) is 12.4. The lowest BCUT2D eigenvalue weighted by Gasteiger charge is -2.28. The van der Waals surface area contributed by atoms with Crippen molar-refractivity contribution in [1.29, 1.82) is 0 Å². The quantitative estimate of drug-likeness (QED) is 0.560. The van der Waals surface area contributed by atoms with E-state index in [1.807, 2.05) is 18.2 Å². The first-order chi connectivity index (χ1) is 16.8. The number of ether oxygens (including phenoxy) is 1. The van der Waals surface area contributed by atoms with Crippen LogP contribution in [-0.2, 0) is 19.4 Å². The van der Waals surface area contributed by atoms with Gasteiger partial charge in [-0.25, -0.2) is 8.42 Å². The summed E-state index contributed by atoms with van der Waals surface area (Å²) in [6, 6.07) is 5.70. The van der Waals surface area contributed by atoms with Gasteiger partial charge in [0.15, 0.2) is 9.84 Å². The maximum Gasteiger partial charge on any atom is 0.271 e. The molecule has 3 heterocycles. The third kappa shape index (κ3) is 4.32. The summed E-state index contributed by atoms with van der Waals surface area (Å²) in [5.74, 6) is 0.397. The third-order valence-corrected chi connectivity index (χ3v) is 10.3. The molecule has 5 atom stereocenters. The number of sulfone groups is 1. The molecule has 188 valence electrons. The van der Waals surface area contributed by atoms with E-state index in [0.717, 1.165) is 30.2 Å². The molecular formula is C25H31N3O6S. The Balaban J connectivity index is 1.37. The number of benzene rings is 1. The number of carbonyl (C=O) groups excluding carboxylic acids is 3. The molecule has 35 heavy (non-hydrogen) atoms. The van der Waals surface area contributed by atoms with E-state index < -0.39 is 27.2 Å². The number of nitrogens with zero attached hydrogens (tertiary/aromatic N) is 1. The number of H-pyrrole nitrogens is 1. The zero-order valence-corrected chi connectivity index (χ0v) is 20.6. The molecule has 2 aromatic rings. The molecule has 10 heteroatoms. The van der Waals surface area contributed by atoms with Crippen molar-refractivity contribution in [2.45, 2.75) is 55.9 Å². The number of aromatic amines is 1. The van der Waals surface area contributed by atoms with Crippen molar-refractivity contribution in [3.05, 3.63) is 30.0 Å². The Morgan fingerprint density at radius 2 is 2.09 bits per heavy atom. The molecule has 2 N–H and O–H groups in total. The van der Waals surface area contributed by atoms with Gasteiger partial charge in [0.25, 0.3) is 5.91 Å². The summed E-state index contributed by atoms with van der Waals surface area (Å²) in [6.07, 6.45) is 4.58. The number of hydrogen-bond donors (Lipinski definition) is 2. The van der Waals surface area contributed by atoms with Gasteiger partial charge in [-0.15, -0.1) is 0 Å². The molecular weight excluding hydrogens is 470 g/mol. The Morgan fingerprint density at radius 1 is 1.26 bits per heavy atom. The van der Waals surface area contributed by atoms with E-state index in [1.165, 1.54) is 0 Å². The van der Waals surface area contributed by atoms with Gasteiger partial charge in [0.05, 0.1) is 24.2 Å². The molecule has 2 amide bonds. The fourth-order valence-corrected chi connectivity index (χ4v) is 8.18. The molecule has 2 aliphatic heterocycles. The van der Waals surface area contributed by atoms with E-state index in [0.29, 0.717) is 37.1 Å². The topological polar surface area (TPSA) is 126 Å². The van der Waals surface area contributed by atoms with E-state index in [2.05, 4.69) is 10.3 Å². The Hall–Kier alpha value is -2.88. The Bertz CT molecular complexity index is 1260. The normalized spacial score (nSPS) is 28.1. The van der Waals surface area contributed by atoms with Gasteiger partial charge in [0.1, 0.15) is 23.8 Å². The summed E-state index contributed by atoms with van der Waals surface area (Å²) >= 11 is 0. The molecule has 1 saturated carbocycles. The zero-order valence-electron chi connectivity index (χ0n) is 19.7. The average Bonchev–Trinajstić information content (AvgIpc) is 3.60. The zero-order chi connectivity index (χ0) is 24.7. The molecule has 5 rings (SSSR count). The Labute approximate surface area is 204 Å². The predicted molar refractivity (Wildman–Crippen MR) is 130 cm³/mol. The lowest BCUT2D eigenvalue weighted by Crippen LogP contribution is -2.52. The highest BCUT2D eigenvalue weighted by molar-refractivity contribution is 7.92. The number of aldehydes is 1. The lowest BCUT2D eigenvalue weighted by molar-refractivity contribution is -0.128. The van der Waals surface area contributed by atoms with E-state index in [4.69, 9.17) is 4.74 Å². The van der Waals surface area contributed by atoms with Crippen LogP contribution in [-0.4, -0.2) is 73.1 Å². The molecule has 5 unspecified atom stereocenters. The van der Waals surface area contributed by atoms with Crippen molar-refractivity contribution in [3.8, 4) is 5.75 Å². The maximum absolute atomic E-state index is 13.6. The van der Waals surface area contributed by atoms with Crippen LogP contribution < -0.4 is 10.1 Å². The summed E-state index contributed by atoms with van der Waals surface area (Å²) < 4.78 is 29.9. The number of methoxy groups -OCH3 is 1. The number of hydrogen-bond acceptors (Lipinski definition) is 6. The van der Waals surface area contributed by atoms with E-state index in [1.54, 1.807) is 18.1 Å². The van der Waals surface area contributed by atoms with Gasteiger partial charge < -0.3 is 24.7 Å². The molecule has 0 bridgehead atoms. The van der Waals surface area contributed by atoms with E-state index in [9.17, 15) is 22.8 Å². The largest absolute Gasteiger partial charge is 0.496 e. The lowest BCUT2D eigenvalue weighted by atomic mass is 9.93. The first-order valence-electron chi connectivity index (χ1n) is 12.3. The highest BCUT2D eigenvalue weighted by Gasteiger charge is 2.50. The van der Waals surface area contributed by atoms with Gasteiger partial charge in [0, 0.05) is 17.4 Å². The Morgan fingerprint density at radius 3 is 2.80 bits per heavy atom. The van der Waals surface area contributed by atoms with Crippen molar-refractivity contribution in [1.82, 2.24) is 15.2 Å². The second-order valence-electron chi connectivity index (χ2n) is 9.98. The van der Waals surface area contributed by atoms with Gasteiger partial charge in [-0.05, 0) is 62.1 Å². The number of nitrogens with one attached hydrogen (secondary N) is 2. The van der Waals surface area contributed by atoms with Crippen LogP contribution in [0.25, 0.3) is 10.9 Å². The van der Waals surface area contributed by atoms with E-state index >= 15 is 0 Å². The summed E-state index contributed by atoms with van der Waals surface area (Å²) in [5.41, 5.74) is 1.15.